The van der Waals surface area contributed by atoms with Gasteiger partial charge in [-0.25, -0.2) is 0 Å². The van der Waals surface area contributed by atoms with Crippen LogP contribution in [0.4, 0.5) is 0 Å². The standard InChI is InChI=1S/C24H35N5O6/c1-6-9-17(7-2)12-18(29-22(34)14-26-20(32)10-8-11-30)23(35)27-13-21(33)28-16-24(3,4)19(15-31)25-5/h6-11,15,18-19,25H,1-2,12-14,16H2,3-5H3,(H,26,32)(H,27,35)(H,28,33)(H,29,34)/b10-8-,17-9+/t18-,19+/m0/s1. The van der Waals surface area contributed by atoms with Gasteiger partial charge in [0.2, 0.25) is 23.6 Å². The van der Waals surface area contributed by atoms with Crippen molar-refractivity contribution in [1.82, 2.24) is 26.6 Å². The van der Waals surface area contributed by atoms with Crippen LogP contribution in [0.5, 0.6) is 0 Å². The summed E-state index contributed by atoms with van der Waals surface area (Å²) < 4.78 is 0. The average molecular weight is 490 g/mol. The minimum Gasteiger partial charge on any atom is -0.354 e. The second kappa shape index (κ2) is 16.7. The molecule has 0 heterocycles. The van der Waals surface area contributed by atoms with E-state index in [0.29, 0.717) is 11.9 Å². The molecule has 4 amide bonds. The maximum atomic E-state index is 12.7. The highest BCUT2D eigenvalue weighted by molar-refractivity contribution is 5.95. The largest absolute Gasteiger partial charge is 0.354 e. The first kappa shape index (κ1) is 31.1. The molecule has 0 aromatic heterocycles. The Morgan fingerprint density at radius 3 is 2.17 bits per heavy atom. The zero-order valence-electron chi connectivity index (χ0n) is 20.4. The lowest BCUT2D eigenvalue weighted by molar-refractivity contribution is -0.130. The monoisotopic (exact) mass is 489 g/mol. The van der Waals surface area contributed by atoms with Crippen molar-refractivity contribution < 1.29 is 28.8 Å². The lowest BCUT2D eigenvalue weighted by atomic mass is 9.85. The topological polar surface area (TPSA) is 163 Å². The van der Waals surface area contributed by atoms with Crippen LogP contribution >= 0.6 is 0 Å². The first-order valence-electron chi connectivity index (χ1n) is 10.8. The quantitative estimate of drug-likeness (QED) is 0.100. The predicted octanol–water partition coefficient (Wildman–Crippen LogP) is -0.923. The van der Waals surface area contributed by atoms with E-state index in [1.165, 1.54) is 12.2 Å². The second-order valence-corrected chi connectivity index (χ2v) is 8.10. The van der Waals surface area contributed by atoms with E-state index >= 15 is 0 Å². The van der Waals surface area contributed by atoms with Gasteiger partial charge in [0.25, 0.3) is 0 Å². The van der Waals surface area contributed by atoms with Crippen molar-refractivity contribution in [2.75, 3.05) is 26.7 Å². The van der Waals surface area contributed by atoms with E-state index in [0.717, 1.165) is 18.4 Å². The summed E-state index contributed by atoms with van der Waals surface area (Å²) in [6, 6.07) is -1.54. The van der Waals surface area contributed by atoms with Crippen LogP contribution in [0, 0.1) is 5.41 Å². The Labute approximate surface area is 205 Å². The Morgan fingerprint density at radius 1 is 0.971 bits per heavy atom. The molecule has 5 N–H and O–H groups in total. The summed E-state index contributed by atoms with van der Waals surface area (Å²) in [5, 5.41) is 12.8. The summed E-state index contributed by atoms with van der Waals surface area (Å²) in [5.74, 6) is -2.41. The highest BCUT2D eigenvalue weighted by atomic mass is 16.2. The summed E-state index contributed by atoms with van der Waals surface area (Å²) in [6.07, 6.45) is 7.79. The highest BCUT2D eigenvalue weighted by Gasteiger charge is 2.29. The molecule has 0 rings (SSSR count). The number of aldehydes is 2. The van der Waals surface area contributed by atoms with Crippen molar-refractivity contribution in [3.05, 3.63) is 49.1 Å². The molecule has 0 spiro atoms. The van der Waals surface area contributed by atoms with Crippen LogP contribution in [0.15, 0.2) is 49.1 Å². The van der Waals surface area contributed by atoms with Crippen molar-refractivity contribution in [2.45, 2.75) is 32.4 Å². The van der Waals surface area contributed by atoms with Crippen molar-refractivity contribution in [2.24, 2.45) is 5.41 Å². The third-order valence-corrected chi connectivity index (χ3v) is 4.89. The number of likely N-dealkylation sites (N-methyl/N-ethyl adjacent to an activating group) is 1. The molecular weight excluding hydrogens is 454 g/mol. The number of rotatable bonds is 17. The zero-order valence-corrected chi connectivity index (χ0v) is 20.4. The van der Waals surface area contributed by atoms with Crippen molar-refractivity contribution >= 4 is 36.2 Å². The Kier molecular flexibility index (Phi) is 14.9. The predicted molar refractivity (Wildman–Crippen MR) is 132 cm³/mol. The summed E-state index contributed by atoms with van der Waals surface area (Å²) in [6.45, 7) is 10.3. The zero-order chi connectivity index (χ0) is 26.9. The summed E-state index contributed by atoms with van der Waals surface area (Å²) in [7, 11) is 1.64. The maximum absolute atomic E-state index is 12.7. The fourth-order valence-electron chi connectivity index (χ4n) is 2.85. The van der Waals surface area contributed by atoms with Gasteiger partial charge in [0.05, 0.1) is 19.1 Å². The molecule has 0 saturated heterocycles. The Balaban J connectivity index is 5.10. The molecule has 0 unspecified atom stereocenters. The van der Waals surface area contributed by atoms with Crippen LogP contribution in [-0.2, 0) is 28.8 Å². The Hall–Kier alpha value is -3.86. The number of amides is 4. The SMILES string of the molecule is C=C/C=C(\C=C)C[C@H](NC(=O)CNC(=O)/C=C\C=O)C(=O)NCC(=O)NCC(C)(C)[C@@H](C=O)NC. The van der Waals surface area contributed by atoms with Crippen LogP contribution < -0.4 is 26.6 Å². The molecule has 0 aliphatic carbocycles. The van der Waals surface area contributed by atoms with Crippen molar-refractivity contribution in [3.63, 3.8) is 0 Å². The van der Waals surface area contributed by atoms with Gasteiger partial charge in [-0.1, -0.05) is 45.2 Å². The lowest BCUT2D eigenvalue weighted by Crippen LogP contribution is -2.52. The second-order valence-electron chi connectivity index (χ2n) is 8.10. The Morgan fingerprint density at radius 2 is 1.63 bits per heavy atom. The van der Waals surface area contributed by atoms with Gasteiger partial charge in [-0.2, -0.15) is 0 Å². The van der Waals surface area contributed by atoms with Gasteiger partial charge < -0.3 is 31.4 Å². The van der Waals surface area contributed by atoms with Gasteiger partial charge in [0.15, 0.2) is 0 Å². The van der Waals surface area contributed by atoms with Crippen LogP contribution in [0.25, 0.3) is 0 Å². The van der Waals surface area contributed by atoms with Crippen LogP contribution in [0.2, 0.25) is 0 Å². The smallest absolute Gasteiger partial charge is 0.244 e. The van der Waals surface area contributed by atoms with E-state index in [2.05, 4.69) is 39.7 Å². The Bertz CT molecular complexity index is 862. The summed E-state index contributed by atoms with van der Waals surface area (Å²) in [4.78, 5) is 70.2. The molecule has 2 atom stereocenters. The molecule has 0 aromatic carbocycles. The number of carbonyl (C=O) groups excluding carboxylic acids is 6. The van der Waals surface area contributed by atoms with E-state index in [1.807, 2.05) is 13.8 Å². The van der Waals surface area contributed by atoms with Crippen molar-refractivity contribution in [1.29, 1.82) is 0 Å². The molecule has 0 bridgehead atoms. The van der Waals surface area contributed by atoms with E-state index in [9.17, 15) is 28.8 Å². The molecule has 35 heavy (non-hydrogen) atoms. The third-order valence-electron chi connectivity index (χ3n) is 4.89. The molecule has 0 radical (unpaired) electrons. The lowest BCUT2D eigenvalue weighted by Gasteiger charge is -2.30. The minimum absolute atomic E-state index is 0.0594. The molecule has 0 saturated carbocycles. The first-order chi connectivity index (χ1) is 16.5. The first-order valence-corrected chi connectivity index (χ1v) is 10.8. The van der Waals surface area contributed by atoms with Gasteiger partial charge in [0, 0.05) is 24.5 Å². The van der Waals surface area contributed by atoms with E-state index in [4.69, 9.17) is 0 Å². The van der Waals surface area contributed by atoms with Crippen LogP contribution in [-0.4, -0.2) is 75.0 Å². The number of carbonyl (C=O) groups is 6. The summed E-state index contributed by atoms with van der Waals surface area (Å²) in [5.41, 5.74) is 0.0448. The molecule has 0 aromatic rings. The molecule has 0 aliphatic heterocycles. The number of hydrogen-bond donors (Lipinski definition) is 5. The number of allylic oxidation sites excluding steroid dienone is 4. The third kappa shape index (κ3) is 12.8. The fraction of sp³-hybridized carbons (Fsp3) is 0.417. The normalized spacial score (nSPS) is 13.2. The van der Waals surface area contributed by atoms with Crippen molar-refractivity contribution in [3.8, 4) is 0 Å². The minimum atomic E-state index is -1.07. The summed E-state index contributed by atoms with van der Waals surface area (Å²) >= 11 is 0. The average Bonchev–Trinajstić information content (AvgIpc) is 2.83. The molecular formula is C24H35N5O6. The van der Waals surface area contributed by atoms with Gasteiger partial charge in [-0.15, -0.1) is 0 Å². The van der Waals surface area contributed by atoms with Gasteiger partial charge in [-0.3, -0.25) is 24.0 Å². The van der Waals surface area contributed by atoms with Crippen LogP contribution in [0.3, 0.4) is 0 Å². The van der Waals surface area contributed by atoms with Gasteiger partial charge in [-0.05, 0) is 18.7 Å². The molecule has 192 valence electrons. The molecule has 0 aliphatic rings. The number of nitrogens with one attached hydrogen (secondary N) is 5. The van der Waals surface area contributed by atoms with Crippen LogP contribution in [0.1, 0.15) is 20.3 Å². The molecule has 0 fully saturated rings. The van der Waals surface area contributed by atoms with E-state index < -0.39 is 47.7 Å². The molecule has 11 heteroatoms. The van der Waals surface area contributed by atoms with E-state index in [1.54, 1.807) is 13.1 Å². The van der Waals surface area contributed by atoms with E-state index in [-0.39, 0.29) is 19.5 Å². The maximum Gasteiger partial charge on any atom is 0.244 e. The highest BCUT2D eigenvalue weighted by Crippen LogP contribution is 2.17. The van der Waals surface area contributed by atoms with Gasteiger partial charge in [0.1, 0.15) is 18.6 Å². The fourth-order valence-corrected chi connectivity index (χ4v) is 2.85. The molecule has 11 nitrogen and oxygen atoms in total. The van der Waals surface area contributed by atoms with Gasteiger partial charge >= 0.3 is 0 Å². The number of hydrogen-bond acceptors (Lipinski definition) is 7.